The molecule has 1 saturated carbocycles. The fourth-order valence-electron chi connectivity index (χ4n) is 1.53. The average Bonchev–Trinajstić information content (AvgIpc) is 2.33. The molecular formula is C13H18OY-2. The van der Waals surface area contributed by atoms with Gasteiger partial charge < -0.3 is 11.5 Å². The van der Waals surface area contributed by atoms with Crippen LogP contribution in [0.3, 0.4) is 0 Å². The number of benzene rings is 1. The van der Waals surface area contributed by atoms with E-state index in [2.05, 4.69) is 12.5 Å². The third-order valence-corrected chi connectivity index (χ3v) is 2.39. The molecule has 2 rings (SSSR count). The Hall–Kier alpha value is 0.284. The molecule has 0 saturated heterocycles. The first-order chi connectivity index (χ1) is 6.93. The van der Waals surface area contributed by atoms with E-state index in [9.17, 15) is 0 Å². The standard InChI is InChI=1S/C7H13O.C6H5.Y/c8-6-7-4-2-1-3-5-7;1-2-4-6-5-3-1;/h2,7-8H,1,3-6H2;1-5H;/q2*-1;/t7-;;/m1../s1. The van der Waals surface area contributed by atoms with E-state index in [1.807, 2.05) is 30.3 Å². The summed E-state index contributed by atoms with van der Waals surface area (Å²) in [4.78, 5) is 0. The Morgan fingerprint density at radius 1 is 1.27 bits per heavy atom. The van der Waals surface area contributed by atoms with Crippen LogP contribution in [-0.2, 0) is 32.7 Å². The smallest absolute Gasteiger partial charge is 0.0434 e. The molecule has 1 aromatic rings. The quantitative estimate of drug-likeness (QED) is 0.784. The van der Waals surface area contributed by atoms with Gasteiger partial charge in [-0.2, -0.15) is 49.2 Å². The van der Waals surface area contributed by atoms with Gasteiger partial charge in [-0.05, 0) is 5.92 Å². The number of aliphatic hydroxyl groups excluding tert-OH is 1. The third-order valence-electron chi connectivity index (χ3n) is 2.39. The Balaban J connectivity index is 0.000000253. The van der Waals surface area contributed by atoms with Gasteiger partial charge in [-0.3, -0.25) is 0 Å². The third kappa shape index (κ3) is 8.13. The summed E-state index contributed by atoms with van der Waals surface area (Å²) in [6, 6.07) is 12.5. The average molecular weight is 279 g/mol. The molecule has 0 aliphatic heterocycles. The molecule has 1 aliphatic carbocycles. The predicted molar refractivity (Wildman–Crippen MR) is 58.6 cm³/mol. The predicted octanol–water partition coefficient (Wildman–Crippen LogP) is 2.86. The maximum Gasteiger partial charge on any atom is 0.0434 e. The molecule has 15 heavy (non-hydrogen) atoms. The van der Waals surface area contributed by atoms with E-state index in [-0.39, 0.29) is 32.7 Å². The van der Waals surface area contributed by atoms with Crippen molar-refractivity contribution in [1.29, 1.82) is 0 Å². The normalized spacial score (nSPS) is 19.4. The van der Waals surface area contributed by atoms with E-state index >= 15 is 0 Å². The minimum Gasteiger partial charge on any atom is -0.396 e. The summed E-state index contributed by atoms with van der Waals surface area (Å²) >= 11 is 0. The Morgan fingerprint density at radius 2 is 2.00 bits per heavy atom. The van der Waals surface area contributed by atoms with Gasteiger partial charge in [-0.15, -0.1) is 0 Å². The molecule has 0 unspecified atom stereocenters. The van der Waals surface area contributed by atoms with Gasteiger partial charge in [0.25, 0.3) is 0 Å². The van der Waals surface area contributed by atoms with E-state index in [4.69, 9.17) is 5.11 Å². The SMILES string of the molecule is OC[C@@H]1C[CH-]CCC1.[Y].[c-]1ccccc1. The van der Waals surface area contributed by atoms with Crippen molar-refractivity contribution in [3.63, 3.8) is 0 Å². The molecule has 1 aromatic carbocycles. The minimum atomic E-state index is 0. The molecule has 1 nitrogen and oxygen atoms in total. The maximum absolute atomic E-state index is 8.67. The topological polar surface area (TPSA) is 20.2 Å². The Kier molecular flexibility index (Phi) is 11.0. The van der Waals surface area contributed by atoms with Gasteiger partial charge in [-0.25, -0.2) is 0 Å². The summed E-state index contributed by atoms with van der Waals surface area (Å²) < 4.78 is 0. The zero-order chi connectivity index (χ0) is 10.1. The van der Waals surface area contributed by atoms with Crippen LogP contribution in [0.25, 0.3) is 0 Å². The van der Waals surface area contributed by atoms with Crippen LogP contribution in [0.15, 0.2) is 30.3 Å². The Bertz CT molecular complexity index is 180. The molecule has 0 heterocycles. The second kappa shape index (κ2) is 10.8. The molecule has 1 atom stereocenters. The number of aliphatic hydroxyl groups is 1. The number of hydrogen-bond donors (Lipinski definition) is 1. The molecule has 1 aliphatic rings. The molecule has 1 N–H and O–H groups in total. The van der Waals surface area contributed by atoms with Crippen molar-refractivity contribution in [3.8, 4) is 0 Å². The van der Waals surface area contributed by atoms with Crippen LogP contribution in [0.2, 0.25) is 0 Å². The van der Waals surface area contributed by atoms with Crippen LogP contribution in [0.5, 0.6) is 0 Å². The van der Waals surface area contributed by atoms with Crippen LogP contribution >= 0.6 is 0 Å². The summed E-state index contributed by atoms with van der Waals surface area (Å²) in [6.07, 6.45) is 7.19. The first-order valence-electron chi connectivity index (χ1n) is 5.27. The van der Waals surface area contributed by atoms with Gasteiger partial charge >= 0.3 is 0 Å². The molecule has 0 aromatic heterocycles. The van der Waals surface area contributed by atoms with E-state index in [0.717, 1.165) is 6.42 Å². The summed E-state index contributed by atoms with van der Waals surface area (Å²) in [5.74, 6) is 0.587. The van der Waals surface area contributed by atoms with Crippen LogP contribution in [0, 0.1) is 18.4 Å². The Labute approximate surface area is 118 Å². The molecule has 2 heteroatoms. The van der Waals surface area contributed by atoms with Crippen LogP contribution < -0.4 is 0 Å². The van der Waals surface area contributed by atoms with E-state index < -0.39 is 0 Å². The minimum absolute atomic E-state index is 0. The van der Waals surface area contributed by atoms with Gasteiger partial charge in [0, 0.05) is 39.3 Å². The van der Waals surface area contributed by atoms with Crippen LogP contribution in [0.1, 0.15) is 25.7 Å². The Morgan fingerprint density at radius 3 is 2.27 bits per heavy atom. The zero-order valence-electron chi connectivity index (χ0n) is 9.10. The van der Waals surface area contributed by atoms with Gasteiger partial charge in [0.05, 0.1) is 0 Å². The van der Waals surface area contributed by atoms with Gasteiger partial charge in [-0.1, -0.05) is 12.8 Å². The van der Waals surface area contributed by atoms with Crippen LogP contribution in [-0.4, -0.2) is 11.7 Å². The molecule has 0 amide bonds. The van der Waals surface area contributed by atoms with Crippen molar-refractivity contribution in [1.82, 2.24) is 0 Å². The van der Waals surface area contributed by atoms with Gasteiger partial charge in [0.2, 0.25) is 0 Å². The van der Waals surface area contributed by atoms with Gasteiger partial charge in [0.15, 0.2) is 0 Å². The molecular weight excluding hydrogens is 261 g/mol. The maximum atomic E-state index is 8.67. The van der Waals surface area contributed by atoms with Gasteiger partial charge in [0.1, 0.15) is 0 Å². The second-order valence-electron chi connectivity index (χ2n) is 3.58. The first-order valence-corrected chi connectivity index (χ1v) is 5.27. The second-order valence-corrected chi connectivity index (χ2v) is 3.58. The van der Waals surface area contributed by atoms with Crippen molar-refractivity contribution in [2.75, 3.05) is 6.61 Å². The van der Waals surface area contributed by atoms with E-state index in [1.165, 1.54) is 19.3 Å². The van der Waals surface area contributed by atoms with Crippen molar-refractivity contribution >= 4 is 0 Å². The molecule has 1 radical (unpaired) electrons. The first kappa shape index (κ1) is 15.3. The summed E-state index contributed by atoms with van der Waals surface area (Å²) in [5, 5.41) is 8.67. The molecule has 0 bridgehead atoms. The van der Waals surface area contributed by atoms with Crippen molar-refractivity contribution in [2.45, 2.75) is 25.7 Å². The summed E-state index contributed by atoms with van der Waals surface area (Å²) in [7, 11) is 0. The zero-order valence-corrected chi connectivity index (χ0v) is 11.9. The molecule has 0 spiro atoms. The van der Waals surface area contributed by atoms with E-state index in [1.54, 1.807) is 0 Å². The van der Waals surface area contributed by atoms with Crippen LogP contribution in [0.4, 0.5) is 0 Å². The molecule has 1 fully saturated rings. The number of rotatable bonds is 1. The largest absolute Gasteiger partial charge is 0.396 e. The fourth-order valence-corrected chi connectivity index (χ4v) is 1.53. The van der Waals surface area contributed by atoms with E-state index in [0.29, 0.717) is 12.5 Å². The van der Waals surface area contributed by atoms with Crippen molar-refractivity contribution in [3.05, 3.63) is 42.8 Å². The monoisotopic (exact) mass is 279 g/mol. The number of hydrogen-bond acceptors (Lipinski definition) is 1. The van der Waals surface area contributed by atoms with Crippen molar-refractivity contribution < 1.29 is 37.8 Å². The fraction of sp³-hybridized carbons (Fsp3) is 0.462. The van der Waals surface area contributed by atoms with Crippen molar-refractivity contribution in [2.24, 2.45) is 5.92 Å². The summed E-state index contributed by atoms with van der Waals surface area (Å²) in [5.41, 5.74) is 0. The molecule has 81 valence electrons. The summed E-state index contributed by atoms with van der Waals surface area (Å²) in [6.45, 7) is 0.385.